The van der Waals surface area contributed by atoms with E-state index in [-0.39, 0.29) is 28.2 Å². The average molecular weight is 570 g/mol. The van der Waals surface area contributed by atoms with Crippen LogP contribution in [-0.4, -0.2) is 14.1 Å². The second kappa shape index (κ2) is 8.85. The highest BCUT2D eigenvalue weighted by molar-refractivity contribution is 6.10. The first-order valence-corrected chi connectivity index (χ1v) is 12.7. The van der Waals surface area contributed by atoms with Crippen molar-refractivity contribution in [2.45, 2.75) is 12.4 Å². The minimum absolute atomic E-state index is 0.130. The van der Waals surface area contributed by atoms with Gasteiger partial charge in [0.25, 0.3) is 0 Å². The fourth-order valence-electron chi connectivity index (χ4n) is 5.58. The third-order valence-electron chi connectivity index (χ3n) is 7.39. The van der Waals surface area contributed by atoms with E-state index in [1.165, 1.54) is 24.3 Å². The Morgan fingerprint density at radius 2 is 0.929 bits per heavy atom. The molecule has 7 rings (SSSR count). The average Bonchev–Trinajstić information content (AvgIpc) is 3.48. The van der Waals surface area contributed by atoms with Gasteiger partial charge in [-0.25, -0.2) is 4.98 Å². The van der Waals surface area contributed by atoms with Gasteiger partial charge < -0.3 is 0 Å². The van der Waals surface area contributed by atoms with Gasteiger partial charge in [0.05, 0.1) is 44.8 Å². The number of rotatable bonds is 2. The van der Waals surface area contributed by atoms with Gasteiger partial charge >= 0.3 is 12.4 Å². The van der Waals surface area contributed by atoms with Gasteiger partial charge in [-0.2, -0.15) is 31.6 Å². The van der Waals surface area contributed by atoms with Crippen LogP contribution in [0.4, 0.5) is 26.3 Å². The number of benzene rings is 4. The summed E-state index contributed by atoms with van der Waals surface area (Å²) in [7, 11) is 0. The number of halogens is 6. The molecule has 0 aliphatic heterocycles. The summed E-state index contributed by atoms with van der Waals surface area (Å²) in [5.74, 6) is 0.292. The molecule has 7 aromatic rings. The molecular weight excluding hydrogens is 554 g/mol. The molecule has 0 radical (unpaired) electrons. The first-order chi connectivity index (χ1) is 20.0. The van der Waals surface area contributed by atoms with Crippen molar-refractivity contribution in [2.75, 3.05) is 0 Å². The van der Waals surface area contributed by atoms with Crippen LogP contribution in [0.5, 0.6) is 0 Å². The summed E-state index contributed by atoms with van der Waals surface area (Å²) in [4.78, 5) is 4.76. The highest BCUT2D eigenvalue weighted by Gasteiger charge is 2.32. The van der Waals surface area contributed by atoms with E-state index in [0.717, 1.165) is 24.3 Å². The largest absolute Gasteiger partial charge is 0.416 e. The molecule has 3 heterocycles. The smallest absolute Gasteiger partial charge is 0.294 e. The predicted molar refractivity (Wildman–Crippen MR) is 148 cm³/mol. The summed E-state index contributed by atoms with van der Waals surface area (Å²) >= 11 is 0. The van der Waals surface area contributed by atoms with Crippen LogP contribution in [0.2, 0.25) is 0 Å². The maximum absolute atomic E-state index is 13.7. The number of nitriles is 1. The molecule has 3 aromatic heterocycles. The lowest BCUT2D eigenvalue weighted by Crippen LogP contribution is -2.07. The molecule has 0 N–H and O–H groups in total. The lowest BCUT2D eigenvalue weighted by Gasteiger charge is -2.14. The van der Waals surface area contributed by atoms with Crippen LogP contribution < -0.4 is 0 Å². The molecule has 0 unspecified atom stereocenters. The molecule has 4 nitrogen and oxygen atoms in total. The number of pyridine rings is 1. The molecule has 0 atom stereocenters. The Morgan fingerprint density at radius 1 is 0.524 bits per heavy atom. The molecule has 0 aliphatic carbocycles. The van der Waals surface area contributed by atoms with Crippen molar-refractivity contribution < 1.29 is 26.3 Å². The van der Waals surface area contributed by atoms with Crippen LogP contribution in [0.15, 0.2) is 97.1 Å². The number of hydrogen-bond donors (Lipinski definition) is 0. The van der Waals surface area contributed by atoms with Crippen molar-refractivity contribution in [3.05, 3.63) is 114 Å². The van der Waals surface area contributed by atoms with E-state index in [1.807, 2.05) is 0 Å². The Labute approximate surface area is 233 Å². The Morgan fingerprint density at radius 3 is 1.33 bits per heavy atom. The van der Waals surface area contributed by atoms with Crippen molar-refractivity contribution in [1.29, 1.82) is 5.26 Å². The van der Waals surface area contributed by atoms with E-state index in [2.05, 4.69) is 6.07 Å². The first kappa shape index (κ1) is 25.7. The van der Waals surface area contributed by atoms with E-state index >= 15 is 0 Å². The van der Waals surface area contributed by atoms with E-state index in [9.17, 15) is 31.6 Å². The minimum atomic E-state index is -4.60. The van der Waals surface area contributed by atoms with Gasteiger partial charge in [0, 0.05) is 21.5 Å². The SMILES string of the molecule is N#Cc1cc(-n2c3ccccc3c3ccc(C(F)(F)F)cc32)nc(-n2c3ccccc3c3ccc(C(F)(F)F)cc32)c1. The molecule has 0 aliphatic rings. The Kier molecular flexibility index (Phi) is 5.40. The third kappa shape index (κ3) is 3.89. The molecule has 0 bridgehead atoms. The van der Waals surface area contributed by atoms with E-state index < -0.39 is 23.5 Å². The van der Waals surface area contributed by atoms with Gasteiger partial charge in [-0.3, -0.25) is 9.13 Å². The molecule has 42 heavy (non-hydrogen) atoms. The fraction of sp³-hybridized carbons (Fsp3) is 0.0625. The first-order valence-electron chi connectivity index (χ1n) is 12.7. The number of nitrogens with zero attached hydrogens (tertiary/aromatic N) is 4. The van der Waals surface area contributed by atoms with E-state index in [4.69, 9.17) is 4.98 Å². The summed E-state index contributed by atoms with van der Waals surface area (Å²) in [5.41, 5.74) is -0.00687. The van der Waals surface area contributed by atoms with Crippen LogP contribution in [0, 0.1) is 11.3 Å². The predicted octanol–water partition coefficient (Wildman–Crippen LogP) is 9.19. The molecule has 206 valence electrons. The molecular formula is C32H16F6N4. The second-order valence-electron chi connectivity index (χ2n) is 9.85. The molecule has 0 saturated heterocycles. The molecule has 0 fully saturated rings. The van der Waals surface area contributed by atoms with E-state index in [0.29, 0.717) is 32.6 Å². The summed E-state index contributed by atoms with van der Waals surface area (Å²) in [6, 6.07) is 25.9. The van der Waals surface area contributed by atoms with Crippen molar-refractivity contribution in [1.82, 2.24) is 14.1 Å². The van der Waals surface area contributed by atoms with Gasteiger partial charge in [-0.05, 0) is 48.5 Å². The van der Waals surface area contributed by atoms with Crippen molar-refractivity contribution in [3.63, 3.8) is 0 Å². The zero-order valence-corrected chi connectivity index (χ0v) is 21.3. The number of aromatic nitrogens is 3. The van der Waals surface area contributed by atoms with Gasteiger partial charge in [0.2, 0.25) is 0 Å². The monoisotopic (exact) mass is 570 g/mol. The highest BCUT2D eigenvalue weighted by atomic mass is 19.4. The van der Waals surface area contributed by atoms with Gasteiger partial charge in [-0.1, -0.05) is 48.5 Å². The van der Waals surface area contributed by atoms with Crippen LogP contribution in [-0.2, 0) is 12.4 Å². The summed E-state index contributed by atoms with van der Waals surface area (Å²) in [5, 5.41) is 12.4. The third-order valence-corrected chi connectivity index (χ3v) is 7.39. The standard InChI is InChI=1S/C32H16F6N4/c33-31(34,35)19-9-11-23-21-5-1-3-7-25(21)41(27(23)15-19)29-13-18(17-39)14-30(40-29)42-26-8-4-2-6-22(26)24-12-10-20(16-28(24)42)32(36,37)38/h1-16H. The maximum atomic E-state index is 13.7. The van der Waals surface area contributed by atoms with Crippen LogP contribution in [0.25, 0.3) is 55.2 Å². The molecule has 4 aromatic carbocycles. The Balaban J connectivity index is 1.58. The summed E-state index contributed by atoms with van der Waals surface area (Å²) < 4.78 is 85.5. The Bertz CT molecular complexity index is 2100. The van der Waals surface area contributed by atoms with Gasteiger partial charge in [0.1, 0.15) is 11.6 Å². The molecule has 10 heteroatoms. The minimum Gasteiger partial charge on any atom is -0.294 e. The zero-order valence-electron chi connectivity index (χ0n) is 21.3. The van der Waals surface area contributed by atoms with Crippen LogP contribution in [0.3, 0.4) is 0 Å². The van der Waals surface area contributed by atoms with Crippen LogP contribution in [0.1, 0.15) is 16.7 Å². The zero-order chi connectivity index (χ0) is 29.4. The van der Waals surface area contributed by atoms with Gasteiger partial charge in [-0.15, -0.1) is 0 Å². The summed E-state index contributed by atoms with van der Waals surface area (Å²) in [6.45, 7) is 0. The maximum Gasteiger partial charge on any atom is 0.416 e. The summed E-state index contributed by atoms with van der Waals surface area (Å²) in [6.07, 6.45) is -9.19. The van der Waals surface area contributed by atoms with Crippen molar-refractivity contribution >= 4 is 43.6 Å². The van der Waals surface area contributed by atoms with Crippen LogP contribution >= 0.6 is 0 Å². The van der Waals surface area contributed by atoms with E-state index in [1.54, 1.807) is 57.7 Å². The second-order valence-corrected chi connectivity index (χ2v) is 9.85. The Hall–Kier alpha value is -5.30. The normalized spacial score (nSPS) is 12.5. The number of fused-ring (bicyclic) bond motifs is 6. The number of para-hydroxylation sites is 2. The van der Waals surface area contributed by atoms with Crippen molar-refractivity contribution in [2.24, 2.45) is 0 Å². The lowest BCUT2D eigenvalue weighted by molar-refractivity contribution is -0.138. The van der Waals surface area contributed by atoms with Crippen molar-refractivity contribution in [3.8, 4) is 17.7 Å². The fourth-order valence-corrected chi connectivity index (χ4v) is 5.58. The lowest BCUT2D eigenvalue weighted by atomic mass is 10.1. The topological polar surface area (TPSA) is 46.5 Å². The number of alkyl halides is 6. The van der Waals surface area contributed by atoms with Gasteiger partial charge in [0.15, 0.2) is 0 Å². The molecule has 0 amide bonds. The molecule has 0 saturated carbocycles. The number of hydrogen-bond acceptors (Lipinski definition) is 2. The molecule has 0 spiro atoms. The quantitative estimate of drug-likeness (QED) is 0.195. The highest BCUT2D eigenvalue weighted by Crippen LogP contribution is 2.39.